The van der Waals surface area contributed by atoms with Gasteiger partial charge in [0.1, 0.15) is 0 Å². The van der Waals surface area contributed by atoms with Gasteiger partial charge in [0.15, 0.2) is 0 Å². The Labute approximate surface area is 130 Å². The van der Waals surface area contributed by atoms with Crippen molar-refractivity contribution in [3.8, 4) is 0 Å². The summed E-state index contributed by atoms with van der Waals surface area (Å²) >= 11 is 1.61. The number of hydrogen-bond donors (Lipinski definition) is 1. The third-order valence-corrected chi connectivity index (χ3v) is 5.29. The maximum atomic E-state index is 12.4. The fraction of sp³-hybridized carbons (Fsp3) is 0.625. The van der Waals surface area contributed by atoms with Gasteiger partial charge in [-0.25, -0.2) is 0 Å². The maximum absolute atomic E-state index is 12.4. The molecule has 0 unspecified atom stereocenters. The molecule has 1 atom stereocenters. The van der Waals surface area contributed by atoms with E-state index in [1.54, 1.807) is 11.3 Å². The SMILES string of the molecule is CCNC(=O)[C@H]1CCc2sc(C(=O)N(CC)CC)cc2C1. The van der Waals surface area contributed by atoms with Crippen LogP contribution in [0, 0.1) is 5.92 Å². The quantitative estimate of drug-likeness (QED) is 0.908. The molecule has 4 nitrogen and oxygen atoms in total. The second-order valence-electron chi connectivity index (χ2n) is 5.37. The second-order valence-corrected chi connectivity index (χ2v) is 6.51. The van der Waals surface area contributed by atoms with E-state index in [0.29, 0.717) is 6.54 Å². The van der Waals surface area contributed by atoms with Gasteiger partial charge in [0, 0.05) is 30.4 Å². The highest BCUT2D eigenvalue weighted by Crippen LogP contribution is 2.33. The number of carbonyl (C=O) groups excluding carboxylic acids is 2. The van der Waals surface area contributed by atoms with Crippen LogP contribution in [-0.4, -0.2) is 36.3 Å². The van der Waals surface area contributed by atoms with E-state index in [2.05, 4.69) is 5.32 Å². The lowest BCUT2D eigenvalue weighted by molar-refractivity contribution is -0.125. The highest BCUT2D eigenvalue weighted by molar-refractivity contribution is 7.14. The number of fused-ring (bicyclic) bond motifs is 1. The standard InChI is InChI=1S/C16H24N2O2S/c1-4-17-15(19)11-7-8-13-12(9-11)10-14(21-13)16(20)18(5-2)6-3/h10-11H,4-9H2,1-3H3,(H,17,19)/t11-/m0/s1. The van der Waals surface area contributed by atoms with Crippen molar-refractivity contribution in [1.29, 1.82) is 0 Å². The lowest BCUT2D eigenvalue weighted by atomic mass is 9.88. The first kappa shape index (κ1) is 16.0. The largest absolute Gasteiger partial charge is 0.356 e. The Morgan fingerprint density at radius 3 is 2.67 bits per heavy atom. The van der Waals surface area contributed by atoms with Crippen LogP contribution in [-0.2, 0) is 17.6 Å². The summed E-state index contributed by atoms with van der Waals surface area (Å²) in [5, 5.41) is 2.90. The highest BCUT2D eigenvalue weighted by Gasteiger charge is 2.27. The number of nitrogens with one attached hydrogen (secondary N) is 1. The van der Waals surface area contributed by atoms with Crippen molar-refractivity contribution < 1.29 is 9.59 Å². The van der Waals surface area contributed by atoms with E-state index in [0.717, 1.165) is 37.2 Å². The smallest absolute Gasteiger partial charge is 0.263 e. The van der Waals surface area contributed by atoms with E-state index in [1.165, 1.54) is 10.4 Å². The summed E-state index contributed by atoms with van der Waals surface area (Å²) in [4.78, 5) is 28.3. The molecule has 2 amide bonds. The van der Waals surface area contributed by atoms with Crippen molar-refractivity contribution in [3.05, 3.63) is 21.4 Å². The van der Waals surface area contributed by atoms with Crippen molar-refractivity contribution in [2.24, 2.45) is 5.92 Å². The first-order valence-corrected chi connectivity index (χ1v) is 8.60. The van der Waals surface area contributed by atoms with Crippen LogP contribution in [0.3, 0.4) is 0 Å². The molecule has 1 aromatic heterocycles. The van der Waals surface area contributed by atoms with Gasteiger partial charge in [-0.05, 0) is 51.7 Å². The molecule has 2 rings (SSSR count). The maximum Gasteiger partial charge on any atom is 0.263 e. The van der Waals surface area contributed by atoms with Crippen molar-refractivity contribution in [3.63, 3.8) is 0 Å². The molecule has 0 radical (unpaired) electrons. The average Bonchev–Trinajstić information content (AvgIpc) is 2.91. The number of aryl methyl sites for hydroxylation is 1. The van der Waals surface area contributed by atoms with Gasteiger partial charge < -0.3 is 10.2 Å². The Morgan fingerprint density at radius 1 is 1.33 bits per heavy atom. The molecule has 1 aliphatic rings. The van der Waals surface area contributed by atoms with Gasteiger partial charge >= 0.3 is 0 Å². The molecule has 0 fully saturated rings. The first-order valence-electron chi connectivity index (χ1n) is 7.79. The zero-order valence-electron chi connectivity index (χ0n) is 13.1. The molecule has 0 aliphatic heterocycles. The molecule has 1 aromatic rings. The van der Waals surface area contributed by atoms with Crippen LogP contribution in [0.15, 0.2) is 6.07 Å². The van der Waals surface area contributed by atoms with Crippen LogP contribution in [0.25, 0.3) is 0 Å². The molecule has 116 valence electrons. The van der Waals surface area contributed by atoms with Gasteiger partial charge in [0.05, 0.1) is 4.88 Å². The predicted octanol–water partition coefficient (Wildman–Crippen LogP) is 2.47. The first-order chi connectivity index (χ1) is 10.1. The topological polar surface area (TPSA) is 49.4 Å². The minimum Gasteiger partial charge on any atom is -0.356 e. The van der Waals surface area contributed by atoms with Gasteiger partial charge in [-0.1, -0.05) is 0 Å². The second kappa shape index (κ2) is 7.07. The fourth-order valence-electron chi connectivity index (χ4n) is 2.84. The van der Waals surface area contributed by atoms with Gasteiger partial charge in [-0.3, -0.25) is 9.59 Å². The van der Waals surface area contributed by atoms with Gasteiger partial charge in [-0.15, -0.1) is 11.3 Å². The number of hydrogen-bond acceptors (Lipinski definition) is 3. The van der Waals surface area contributed by atoms with Gasteiger partial charge in [0.2, 0.25) is 5.91 Å². The zero-order chi connectivity index (χ0) is 15.4. The van der Waals surface area contributed by atoms with Crippen molar-refractivity contribution in [1.82, 2.24) is 10.2 Å². The van der Waals surface area contributed by atoms with Crippen LogP contribution in [0.4, 0.5) is 0 Å². The molecule has 1 N–H and O–H groups in total. The van der Waals surface area contributed by atoms with Crippen molar-refractivity contribution >= 4 is 23.2 Å². The van der Waals surface area contributed by atoms with E-state index in [-0.39, 0.29) is 17.7 Å². The molecule has 0 spiro atoms. The molecule has 1 aliphatic carbocycles. The minimum atomic E-state index is 0.0588. The van der Waals surface area contributed by atoms with Crippen molar-refractivity contribution in [2.75, 3.05) is 19.6 Å². The van der Waals surface area contributed by atoms with Crippen LogP contribution < -0.4 is 5.32 Å². The monoisotopic (exact) mass is 308 g/mol. The van der Waals surface area contributed by atoms with Crippen LogP contribution >= 0.6 is 11.3 Å². The summed E-state index contributed by atoms with van der Waals surface area (Å²) in [6.07, 6.45) is 2.56. The number of rotatable bonds is 5. The predicted molar refractivity (Wildman–Crippen MR) is 85.8 cm³/mol. The third-order valence-electron chi connectivity index (χ3n) is 4.07. The van der Waals surface area contributed by atoms with Crippen LogP contribution in [0.1, 0.15) is 47.3 Å². The highest BCUT2D eigenvalue weighted by atomic mass is 32.1. The summed E-state index contributed by atoms with van der Waals surface area (Å²) in [6.45, 7) is 8.09. The molecule has 21 heavy (non-hydrogen) atoms. The number of nitrogens with zero attached hydrogens (tertiary/aromatic N) is 1. The molecule has 0 saturated carbocycles. The Morgan fingerprint density at radius 2 is 2.05 bits per heavy atom. The fourth-order valence-corrected chi connectivity index (χ4v) is 4.01. The molecule has 5 heteroatoms. The zero-order valence-corrected chi connectivity index (χ0v) is 13.9. The van der Waals surface area contributed by atoms with E-state index >= 15 is 0 Å². The Bertz CT molecular complexity index is 520. The lowest BCUT2D eigenvalue weighted by Crippen LogP contribution is -2.33. The molecular formula is C16H24N2O2S. The van der Waals surface area contributed by atoms with Gasteiger partial charge in [0.25, 0.3) is 5.91 Å². The van der Waals surface area contributed by atoms with Crippen LogP contribution in [0.5, 0.6) is 0 Å². The van der Waals surface area contributed by atoms with Crippen molar-refractivity contribution in [2.45, 2.75) is 40.0 Å². The summed E-state index contributed by atoms with van der Waals surface area (Å²) in [5.41, 5.74) is 1.19. The Kier molecular flexibility index (Phi) is 5.39. The molecular weight excluding hydrogens is 284 g/mol. The number of thiophene rings is 1. The molecule has 0 saturated heterocycles. The average molecular weight is 308 g/mol. The number of amides is 2. The van der Waals surface area contributed by atoms with E-state index in [4.69, 9.17) is 0 Å². The summed E-state index contributed by atoms with van der Waals surface area (Å²) in [6, 6.07) is 2.01. The summed E-state index contributed by atoms with van der Waals surface area (Å²) in [5.74, 6) is 0.323. The van der Waals surface area contributed by atoms with E-state index in [1.807, 2.05) is 31.7 Å². The molecule has 1 heterocycles. The minimum absolute atomic E-state index is 0.0588. The Hall–Kier alpha value is -1.36. The third kappa shape index (κ3) is 3.46. The van der Waals surface area contributed by atoms with Crippen LogP contribution in [0.2, 0.25) is 0 Å². The lowest BCUT2D eigenvalue weighted by Gasteiger charge is -2.20. The summed E-state index contributed by atoms with van der Waals surface area (Å²) < 4.78 is 0. The summed E-state index contributed by atoms with van der Waals surface area (Å²) in [7, 11) is 0. The van der Waals surface area contributed by atoms with E-state index in [9.17, 15) is 9.59 Å². The normalized spacial score (nSPS) is 17.2. The molecule has 0 aromatic carbocycles. The Balaban J connectivity index is 2.12. The number of carbonyl (C=O) groups is 2. The van der Waals surface area contributed by atoms with E-state index < -0.39 is 0 Å². The van der Waals surface area contributed by atoms with Gasteiger partial charge in [-0.2, -0.15) is 0 Å². The molecule has 0 bridgehead atoms.